The minimum Gasteiger partial charge on any atom is -0.343 e. The van der Waals surface area contributed by atoms with Gasteiger partial charge in [-0.1, -0.05) is 33.6 Å². The molecule has 0 saturated carbocycles. The maximum atomic E-state index is 11.2. The average molecular weight is 185 g/mol. The topological polar surface area (TPSA) is 20.3 Å². The number of carbonyl (C=O) groups is 1. The summed E-state index contributed by atoms with van der Waals surface area (Å²) in [6, 6.07) is 0. The van der Waals surface area contributed by atoms with E-state index in [0.29, 0.717) is 12.3 Å². The van der Waals surface area contributed by atoms with Gasteiger partial charge in [0.05, 0.1) is 0 Å². The standard InChI is InChI=1S/C9H17NO.C2H6/c1-2-9(11)10-7-5-3-4-6-8-10;1-2/h2-8H2,1H3;1-2H3. The average Bonchev–Trinajstić information content (AvgIpc) is 2.48. The van der Waals surface area contributed by atoms with Crippen molar-refractivity contribution in [1.29, 1.82) is 0 Å². The Labute approximate surface area is 82.3 Å². The van der Waals surface area contributed by atoms with E-state index in [9.17, 15) is 4.79 Å². The van der Waals surface area contributed by atoms with Gasteiger partial charge in [-0.25, -0.2) is 0 Å². The number of amides is 1. The fourth-order valence-corrected chi connectivity index (χ4v) is 1.54. The summed E-state index contributed by atoms with van der Waals surface area (Å²) in [5.74, 6) is 0.326. The largest absolute Gasteiger partial charge is 0.343 e. The molecule has 2 nitrogen and oxygen atoms in total. The Bertz CT molecular complexity index is 126. The summed E-state index contributed by atoms with van der Waals surface area (Å²) in [5.41, 5.74) is 0. The number of carbonyl (C=O) groups excluding carboxylic acids is 1. The van der Waals surface area contributed by atoms with Crippen molar-refractivity contribution in [3.63, 3.8) is 0 Å². The number of hydrogen-bond acceptors (Lipinski definition) is 1. The Morgan fingerprint density at radius 3 is 1.92 bits per heavy atom. The smallest absolute Gasteiger partial charge is 0.222 e. The van der Waals surface area contributed by atoms with E-state index >= 15 is 0 Å². The van der Waals surface area contributed by atoms with Crippen LogP contribution < -0.4 is 0 Å². The minimum absolute atomic E-state index is 0.326. The third-order valence-electron chi connectivity index (χ3n) is 2.26. The molecule has 0 aliphatic carbocycles. The van der Waals surface area contributed by atoms with Gasteiger partial charge >= 0.3 is 0 Å². The van der Waals surface area contributed by atoms with Gasteiger partial charge in [-0.2, -0.15) is 0 Å². The minimum atomic E-state index is 0.326. The molecule has 1 amide bonds. The molecule has 0 aromatic rings. The molecule has 0 spiro atoms. The van der Waals surface area contributed by atoms with Crippen LogP contribution in [0.25, 0.3) is 0 Å². The Balaban J connectivity index is 0.000000671. The maximum absolute atomic E-state index is 11.2. The lowest BCUT2D eigenvalue weighted by Gasteiger charge is -2.18. The van der Waals surface area contributed by atoms with Gasteiger partial charge in [0.25, 0.3) is 0 Å². The Morgan fingerprint density at radius 1 is 1.08 bits per heavy atom. The van der Waals surface area contributed by atoms with Crippen molar-refractivity contribution >= 4 is 5.91 Å². The van der Waals surface area contributed by atoms with Gasteiger partial charge in [-0.15, -0.1) is 0 Å². The zero-order valence-electron chi connectivity index (χ0n) is 9.31. The fraction of sp³-hybridized carbons (Fsp3) is 0.909. The highest BCUT2D eigenvalue weighted by molar-refractivity contribution is 5.75. The predicted molar refractivity (Wildman–Crippen MR) is 56.7 cm³/mol. The Morgan fingerprint density at radius 2 is 1.54 bits per heavy atom. The summed E-state index contributed by atoms with van der Waals surface area (Å²) in [5, 5.41) is 0. The quantitative estimate of drug-likeness (QED) is 0.615. The zero-order valence-corrected chi connectivity index (χ0v) is 9.31. The molecule has 0 aromatic heterocycles. The highest BCUT2D eigenvalue weighted by Crippen LogP contribution is 2.10. The van der Waals surface area contributed by atoms with Crippen molar-refractivity contribution in [2.75, 3.05) is 13.1 Å². The molecule has 0 radical (unpaired) electrons. The molecule has 0 bridgehead atoms. The summed E-state index contributed by atoms with van der Waals surface area (Å²) >= 11 is 0. The van der Waals surface area contributed by atoms with Crippen molar-refractivity contribution in [2.24, 2.45) is 0 Å². The number of hydrogen-bond donors (Lipinski definition) is 0. The number of likely N-dealkylation sites (tertiary alicyclic amines) is 1. The summed E-state index contributed by atoms with van der Waals surface area (Å²) in [7, 11) is 0. The molecule has 13 heavy (non-hydrogen) atoms. The molecule has 1 saturated heterocycles. The van der Waals surface area contributed by atoms with Crippen molar-refractivity contribution in [1.82, 2.24) is 4.90 Å². The molecule has 2 heteroatoms. The zero-order chi connectivity index (χ0) is 10.1. The van der Waals surface area contributed by atoms with Crippen LogP contribution in [0.15, 0.2) is 0 Å². The molecule has 0 unspecified atom stereocenters. The summed E-state index contributed by atoms with van der Waals surface area (Å²) in [4.78, 5) is 13.3. The first-order valence-electron chi connectivity index (χ1n) is 5.62. The highest BCUT2D eigenvalue weighted by atomic mass is 16.2. The van der Waals surface area contributed by atoms with Crippen LogP contribution in [-0.2, 0) is 4.79 Å². The molecule has 78 valence electrons. The molecule has 1 aliphatic heterocycles. The molecular weight excluding hydrogens is 162 g/mol. The van der Waals surface area contributed by atoms with E-state index in [0.717, 1.165) is 13.1 Å². The van der Waals surface area contributed by atoms with E-state index in [-0.39, 0.29) is 0 Å². The highest BCUT2D eigenvalue weighted by Gasteiger charge is 2.12. The normalized spacial score (nSPS) is 17.0. The van der Waals surface area contributed by atoms with E-state index in [4.69, 9.17) is 0 Å². The maximum Gasteiger partial charge on any atom is 0.222 e. The monoisotopic (exact) mass is 185 g/mol. The van der Waals surface area contributed by atoms with Crippen LogP contribution in [-0.4, -0.2) is 23.9 Å². The van der Waals surface area contributed by atoms with Crippen molar-refractivity contribution < 1.29 is 4.79 Å². The summed E-state index contributed by atoms with van der Waals surface area (Å²) in [6.45, 7) is 7.92. The molecule has 1 aliphatic rings. The molecule has 1 heterocycles. The van der Waals surface area contributed by atoms with Crippen LogP contribution in [0.3, 0.4) is 0 Å². The molecule has 1 fully saturated rings. The number of rotatable bonds is 1. The van der Waals surface area contributed by atoms with E-state index in [2.05, 4.69) is 0 Å². The van der Waals surface area contributed by atoms with Crippen molar-refractivity contribution in [2.45, 2.75) is 52.9 Å². The van der Waals surface area contributed by atoms with E-state index in [1.54, 1.807) is 0 Å². The lowest BCUT2D eigenvalue weighted by molar-refractivity contribution is -0.130. The molecule has 0 atom stereocenters. The van der Waals surface area contributed by atoms with Crippen LogP contribution >= 0.6 is 0 Å². The van der Waals surface area contributed by atoms with Gasteiger partial charge in [-0.05, 0) is 12.8 Å². The van der Waals surface area contributed by atoms with Gasteiger partial charge in [0.2, 0.25) is 5.91 Å². The van der Waals surface area contributed by atoms with Crippen LogP contribution in [0.5, 0.6) is 0 Å². The third kappa shape index (κ3) is 4.91. The van der Waals surface area contributed by atoms with Gasteiger partial charge < -0.3 is 4.90 Å². The first kappa shape index (κ1) is 12.5. The van der Waals surface area contributed by atoms with Crippen molar-refractivity contribution in [3.05, 3.63) is 0 Å². The first-order chi connectivity index (χ1) is 6.34. The van der Waals surface area contributed by atoms with Gasteiger partial charge in [0.1, 0.15) is 0 Å². The Hall–Kier alpha value is -0.530. The van der Waals surface area contributed by atoms with E-state index in [1.165, 1.54) is 25.7 Å². The summed E-state index contributed by atoms with van der Waals surface area (Å²) in [6.07, 6.45) is 5.67. The molecule has 0 aromatic carbocycles. The predicted octanol–water partition coefficient (Wildman–Crippen LogP) is 2.83. The number of nitrogens with zero attached hydrogens (tertiary/aromatic N) is 1. The van der Waals surface area contributed by atoms with Gasteiger partial charge in [-0.3, -0.25) is 4.79 Å². The van der Waals surface area contributed by atoms with Crippen LogP contribution in [0.1, 0.15) is 52.9 Å². The lowest BCUT2D eigenvalue weighted by Crippen LogP contribution is -2.30. The van der Waals surface area contributed by atoms with Crippen molar-refractivity contribution in [3.8, 4) is 0 Å². The third-order valence-corrected chi connectivity index (χ3v) is 2.26. The second-order valence-corrected chi connectivity index (χ2v) is 3.15. The van der Waals surface area contributed by atoms with E-state index < -0.39 is 0 Å². The SMILES string of the molecule is CC.CCC(=O)N1CCCCCC1. The second kappa shape index (κ2) is 8.09. The lowest BCUT2D eigenvalue weighted by atomic mass is 10.2. The first-order valence-corrected chi connectivity index (χ1v) is 5.62. The second-order valence-electron chi connectivity index (χ2n) is 3.15. The van der Waals surface area contributed by atoms with Gasteiger partial charge in [0.15, 0.2) is 0 Å². The Kier molecular flexibility index (Phi) is 7.76. The van der Waals surface area contributed by atoms with E-state index in [1.807, 2.05) is 25.7 Å². The molecular formula is C11H23NO. The molecule has 1 rings (SSSR count). The fourth-order valence-electron chi connectivity index (χ4n) is 1.54. The van der Waals surface area contributed by atoms with Gasteiger partial charge in [0, 0.05) is 19.5 Å². The van der Waals surface area contributed by atoms with Crippen LogP contribution in [0.2, 0.25) is 0 Å². The molecule has 0 N–H and O–H groups in total. The summed E-state index contributed by atoms with van der Waals surface area (Å²) < 4.78 is 0. The van der Waals surface area contributed by atoms with Crippen LogP contribution in [0, 0.1) is 0 Å². The van der Waals surface area contributed by atoms with Crippen LogP contribution in [0.4, 0.5) is 0 Å².